The SMILES string of the molecule is CC1=C2CCC3=C(C)[CH](c4cc(C(C)C)cc(C(C)C)c43)[Hf]([CH3])([CH3])[CH]1c1cc(C(C)C)cc(C(C)C)c12. The quantitative estimate of drug-likeness (QED) is 0.286. The van der Waals surface area contributed by atoms with Crippen LogP contribution in [-0.4, -0.2) is 0 Å². The van der Waals surface area contributed by atoms with Crippen LogP contribution < -0.4 is 0 Å². The summed E-state index contributed by atoms with van der Waals surface area (Å²) in [4.78, 5) is 0. The van der Waals surface area contributed by atoms with Gasteiger partial charge in [0.05, 0.1) is 0 Å². The molecular weight excluding hydrogens is 611 g/mol. The third-order valence-electron chi connectivity index (χ3n) is 10.2. The van der Waals surface area contributed by atoms with Gasteiger partial charge in [-0.05, 0) is 0 Å². The van der Waals surface area contributed by atoms with E-state index in [1.807, 2.05) is 0 Å². The van der Waals surface area contributed by atoms with Gasteiger partial charge in [0.25, 0.3) is 0 Å². The van der Waals surface area contributed by atoms with Crippen LogP contribution in [0.1, 0.15) is 158 Å². The van der Waals surface area contributed by atoms with Crippen LogP contribution in [0, 0.1) is 0 Å². The molecule has 4 bridgehead atoms. The molecule has 2 atom stereocenters. The van der Waals surface area contributed by atoms with Crippen molar-refractivity contribution in [2.24, 2.45) is 0 Å². The summed E-state index contributed by atoms with van der Waals surface area (Å²) in [6, 6.07) is 10.5. The average Bonchev–Trinajstić information content (AvgIpc) is 3.26. The van der Waals surface area contributed by atoms with Crippen molar-refractivity contribution in [1.29, 1.82) is 0 Å². The molecule has 1 aliphatic heterocycles. The van der Waals surface area contributed by atoms with Crippen molar-refractivity contribution in [1.82, 2.24) is 0 Å². The van der Waals surface area contributed by atoms with E-state index in [0.717, 1.165) is 0 Å². The van der Waals surface area contributed by atoms with Gasteiger partial charge in [0.2, 0.25) is 0 Å². The van der Waals surface area contributed by atoms with Crippen molar-refractivity contribution in [3.8, 4) is 0 Å². The van der Waals surface area contributed by atoms with Crippen LogP contribution in [0.25, 0.3) is 11.1 Å². The Bertz CT molecular complexity index is 1220. The first-order valence-electron chi connectivity index (χ1n) is 15.0. The van der Waals surface area contributed by atoms with E-state index in [1.165, 1.54) is 12.8 Å². The van der Waals surface area contributed by atoms with E-state index < -0.39 is 20.0 Å². The van der Waals surface area contributed by atoms with E-state index in [2.05, 4.69) is 103 Å². The third-order valence-corrected chi connectivity index (χ3v) is 26.2. The van der Waals surface area contributed by atoms with Gasteiger partial charge in [-0.15, -0.1) is 0 Å². The summed E-state index contributed by atoms with van der Waals surface area (Å²) in [6.07, 6.45) is 2.39. The molecule has 5 rings (SSSR count). The molecular formula is C36H50Hf. The van der Waals surface area contributed by atoms with Crippen LogP contribution in [0.3, 0.4) is 0 Å². The minimum absolute atomic E-state index is 0.563. The number of fused-ring (bicyclic) bond motifs is 8. The second-order valence-corrected chi connectivity index (χ2v) is 31.5. The fourth-order valence-corrected chi connectivity index (χ4v) is 26.2. The van der Waals surface area contributed by atoms with Crippen LogP contribution >= 0.6 is 0 Å². The van der Waals surface area contributed by atoms with Gasteiger partial charge in [-0.3, -0.25) is 0 Å². The van der Waals surface area contributed by atoms with Crippen molar-refractivity contribution in [3.63, 3.8) is 0 Å². The molecule has 0 fully saturated rings. The fourth-order valence-electron chi connectivity index (χ4n) is 8.34. The first kappa shape index (κ1) is 27.4. The maximum absolute atomic E-state index is 3.03. The Hall–Kier alpha value is -1.21. The zero-order valence-electron chi connectivity index (χ0n) is 25.7. The average molecular weight is 661 g/mol. The summed E-state index contributed by atoms with van der Waals surface area (Å²) in [7, 11) is 0. The number of benzene rings is 2. The van der Waals surface area contributed by atoms with E-state index in [4.69, 9.17) is 0 Å². The van der Waals surface area contributed by atoms with Crippen LogP contribution in [0.5, 0.6) is 0 Å². The Labute approximate surface area is 232 Å². The molecule has 0 radical (unpaired) electrons. The van der Waals surface area contributed by atoms with Gasteiger partial charge in [0.15, 0.2) is 0 Å². The topological polar surface area (TPSA) is 0 Å². The van der Waals surface area contributed by atoms with Gasteiger partial charge in [-0.1, -0.05) is 0 Å². The summed E-state index contributed by atoms with van der Waals surface area (Å²) in [5.74, 6) is 2.27. The Morgan fingerprint density at radius 2 is 0.919 bits per heavy atom. The van der Waals surface area contributed by atoms with Crippen LogP contribution in [0.15, 0.2) is 35.4 Å². The molecule has 0 amide bonds. The molecule has 1 heterocycles. The summed E-state index contributed by atoms with van der Waals surface area (Å²) < 4.78 is 7.00. The normalized spacial score (nSPS) is 22.3. The zero-order valence-corrected chi connectivity index (χ0v) is 29.3. The van der Waals surface area contributed by atoms with Crippen molar-refractivity contribution in [3.05, 3.63) is 79.9 Å². The van der Waals surface area contributed by atoms with Crippen LogP contribution in [0.2, 0.25) is 9.36 Å². The third kappa shape index (κ3) is 4.08. The molecule has 3 aliphatic rings. The first-order chi connectivity index (χ1) is 17.3. The van der Waals surface area contributed by atoms with Crippen molar-refractivity contribution >= 4 is 11.1 Å². The second kappa shape index (κ2) is 9.46. The summed E-state index contributed by atoms with van der Waals surface area (Å²) in [6.45, 7) is 24.2. The molecule has 0 nitrogen and oxygen atoms in total. The number of rotatable bonds is 4. The molecule has 0 saturated heterocycles. The number of hydrogen-bond acceptors (Lipinski definition) is 0. The zero-order chi connectivity index (χ0) is 27.1. The number of allylic oxidation sites excluding steroid dienone is 4. The summed E-state index contributed by atoms with van der Waals surface area (Å²) >= 11 is -3.03. The van der Waals surface area contributed by atoms with Crippen molar-refractivity contribution < 1.29 is 20.0 Å². The predicted octanol–water partition coefficient (Wildman–Crippen LogP) is 11.6. The van der Waals surface area contributed by atoms with E-state index in [-0.39, 0.29) is 0 Å². The molecule has 1 heteroatoms. The number of hydrogen-bond donors (Lipinski definition) is 0. The molecule has 0 N–H and O–H groups in total. The monoisotopic (exact) mass is 662 g/mol. The van der Waals surface area contributed by atoms with Gasteiger partial charge in [-0.25, -0.2) is 0 Å². The van der Waals surface area contributed by atoms with Gasteiger partial charge < -0.3 is 0 Å². The van der Waals surface area contributed by atoms with E-state index in [1.54, 1.807) is 66.8 Å². The predicted molar refractivity (Wildman–Crippen MR) is 161 cm³/mol. The van der Waals surface area contributed by atoms with Crippen molar-refractivity contribution in [2.75, 3.05) is 0 Å². The summed E-state index contributed by atoms with van der Waals surface area (Å²) in [5, 5.41) is 0. The molecule has 0 saturated carbocycles. The Morgan fingerprint density at radius 1 is 0.568 bits per heavy atom. The maximum atomic E-state index is 2.81. The standard InChI is InChI=1S/C34H44.2CH3.Hf/c1-19(2)25-15-27-13-23(9)29(33(27)31(17-25)21(5)6)11-12-30-24(10)14-28-16-26(20(3)4)18-32(22(7)8)34(28)30;;;/h13-22H,11-12H2,1-10H3;2*1H3;. The van der Waals surface area contributed by atoms with Gasteiger partial charge in [0, 0.05) is 0 Å². The minimum atomic E-state index is -3.03. The molecule has 2 aromatic carbocycles. The summed E-state index contributed by atoms with van der Waals surface area (Å²) in [5.41, 5.74) is 20.0. The fraction of sp³-hybridized carbons (Fsp3) is 0.556. The van der Waals surface area contributed by atoms with Gasteiger partial charge in [0.1, 0.15) is 0 Å². The van der Waals surface area contributed by atoms with Gasteiger partial charge >= 0.3 is 233 Å². The Morgan fingerprint density at radius 3 is 1.22 bits per heavy atom. The molecule has 0 aromatic heterocycles. The molecule has 2 aromatic rings. The molecule has 2 aliphatic carbocycles. The van der Waals surface area contributed by atoms with Crippen LogP contribution in [-0.2, 0) is 20.0 Å². The molecule has 198 valence electrons. The molecule has 2 unspecified atom stereocenters. The molecule has 0 spiro atoms. The second-order valence-electron chi connectivity index (χ2n) is 14.3. The van der Waals surface area contributed by atoms with Crippen LogP contribution in [0.4, 0.5) is 0 Å². The molecule has 37 heavy (non-hydrogen) atoms. The van der Waals surface area contributed by atoms with E-state index in [9.17, 15) is 0 Å². The van der Waals surface area contributed by atoms with E-state index in [0.29, 0.717) is 31.0 Å². The van der Waals surface area contributed by atoms with Crippen molar-refractivity contribution in [2.45, 2.75) is 122 Å². The van der Waals surface area contributed by atoms with Gasteiger partial charge in [-0.2, -0.15) is 0 Å². The Kier molecular flexibility index (Phi) is 7.00. The Balaban J connectivity index is 1.81. The first-order valence-corrected chi connectivity index (χ1v) is 26.4. The van der Waals surface area contributed by atoms with E-state index >= 15 is 0 Å².